The molecule has 5 nitrogen and oxygen atoms in total. The van der Waals surface area contributed by atoms with Crippen LogP contribution in [-0.4, -0.2) is 17.1 Å². The van der Waals surface area contributed by atoms with Gasteiger partial charge in [0.2, 0.25) is 0 Å². The number of fused-ring (bicyclic) bond motifs is 1. The van der Waals surface area contributed by atoms with Gasteiger partial charge in [0.25, 0.3) is 5.56 Å². The average Bonchev–Trinajstić information content (AvgIpc) is 3.08. The minimum absolute atomic E-state index is 0.0661. The summed E-state index contributed by atoms with van der Waals surface area (Å²) in [4.78, 5) is 31.5. The lowest BCUT2D eigenvalue weighted by Gasteiger charge is -2.24. The van der Waals surface area contributed by atoms with E-state index < -0.39 is 12.0 Å². The second kappa shape index (κ2) is 9.28. The van der Waals surface area contributed by atoms with Gasteiger partial charge in [-0.3, -0.25) is 9.36 Å². The van der Waals surface area contributed by atoms with Crippen LogP contribution in [0.1, 0.15) is 24.1 Å². The Balaban J connectivity index is 1.94. The van der Waals surface area contributed by atoms with E-state index in [0.29, 0.717) is 36.2 Å². The molecule has 4 rings (SSSR count). The number of esters is 1. The van der Waals surface area contributed by atoms with Crippen molar-refractivity contribution in [1.29, 1.82) is 0 Å². The topological polar surface area (TPSA) is 60.7 Å². The van der Waals surface area contributed by atoms with Crippen LogP contribution in [0.25, 0.3) is 6.08 Å². The Kier molecular flexibility index (Phi) is 6.46. The molecule has 0 radical (unpaired) electrons. The lowest BCUT2D eigenvalue weighted by molar-refractivity contribution is -0.138. The highest BCUT2D eigenvalue weighted by molar-refractivity contribution is 7.07. The van der Waals surface area contributed by atoms with Gasteiger partial charge in [-0.15, -0.1) is 0 Å². The molecular formula is C24H18Cl2N2O3S. The van der Waals surface area contributed by atoms with E-state index in [-0.39, 0.29) is 12.2 Å². The second-order valence-corrected chi connectivity index (χ2v) is 8.90. The number of hydrogen-bond donors (Lipinski definition) is 0. The van der Waals surface area contributed by atoms with Gasteiger partial charge < -0.3 is 4.74 Å². The van der Waals surface area contributed by atoms with Gasteiger partial charge >= 0.3 is 5.97 Å². The highest BCUT2D eigenvalue weighted by atomic mass is 35.5. The lowest BCUT2D eigenvalue weighted by atomic mass is 9.96. The quantitative estimate of drug-likeness (QED) is 0.401. The van der Waals surface area contributed by atoms with Crippen molar-refractivity contribution in [1.82, 2.24) is 4.57 Å². The molecule has 0 bridgehead atoms. The fourth-order valence-electron chi connectivity index (χ4n) is 3.51. The number of aromatic nitrogens is 1. The van der Waals surface area contributed by atoms with E-state index in [1.54, 1.807) is 31.2 Å². The third kappa shape index (κ3) is 4.21. The van der Waals surface area contributed by atoms with Gasteiger partial charge in [-0.05, 0) is 36.3 Å². The van der Waals surface area contributed by atoms with Crippen LogP contribution < -0.4 is 14.9 Å². The highest BCUT2D eigenvalue weighted by Gasteiger charge is 2.33. The summed E-state index contributed by atoms with van der Waals surface area (Å²) in [6.45, 7) is 5.40. The van der Waals surface area contributed by atoms with Crippen molar-refractivity contribution < 1.29 is 9.53 Å². The van der Waals surface area contributed by atoms with Crippen molar-refractivity contribution in [2.24, 2.45) is 4.99 Å². The van der Waals surface area contributed by atoms with Crippen molar-refractivity contribution in [3.05, 3.63) is 113 Å². The zero-order valence-corrected chi connectivity index (χ0v) is 19.4. The molecule has 2 aromatic carbocycles. The Labute approximate surface area is 198 Å². The van der Waals surface area contributed by atoms with Crippen LogP contribution in [-0.2, 0) is 9.53 Å². The van der Waals surface area contributed by atoms with Crippen LogP contribution in [0.4, 0.5) is 0 Å². The van der Waals surface area contributed by atoms with Crippen molar-refractivity contribution in [3.8, 4) is 0 Å². The summed E-state index contributed by atoms with van der Waals surface area (Å²) in [6, 6.07) is 13.8. The molecule has 2 heterocycles. The highest BCUT2D eigenvalue weighted by Crippen LogP contribution is 2.30. The first-order valence-corrected chi connectivity index (χ1v) is 11.3. The van der Waals surface area contributed by atoms with Crippen LogP contribution in [0, 0.1) is 0 Å². The maximum atomic E-state index is 13.5. The standard InChI is InChI=1S/C24H18Cl2N2O3S/c1-3-11-31-23(30)20-14(2)27-24-28(21(20)15-7-5-4-6-8-15)22(29)19(32-24)12-16-9-10-17(25)13-18(16)26/h3-10,12-13,21H,1,11H2,2H3/b19-12+/t21-/m0/s1. The molecule has 0 saturated heterocycles. The summed E-state index contributed by atoms with van der Waals surface area (Å²) in [5, 5.41) is 0.948. The number of hydrogen-bond acceptors (Lipinski definition) is 5. The third-order valence-corrected chi connectivity index (χ3v) is 6.48. The predicted molar refractivity (Wildman–Crippen MR) is 128 cm³/mol. The minimum atomic E-state index is -0.660. The molecule has 162 valence electrons. The lowest BCUT2D eigenvalue weighted by Crippen LogP contribution is -2.39. The number of carbonyl (C=O) groups excluding carboxylic acids is 1. The summed E-state index contributed by atoms with van der Waals surface area (Å²) in [5.74, 6) is -0.532. The van der Waals surface area contributed by atoms with Crippen molar-refractivity contribution in [2.45, 2.75) is 13.0 Å². The predicted octanol–water partition coefficient (Wildman–Crippen LogP) is 4.27. The smallest absolute Gasteiger partial charge is 0.338 e. The Morgan fingerprint density at radius 1 is 1.25 bits per heavy atom. The molecule has 1 aromatic heterocycles. The molecule has 3 aromatic rings. The number of nitrogens with zero attached hydrogens (tertiary/aromatic N) is 2. The molecule has 1 aliphatic heterocycles. The zero-order chi connectivity index (χ0) is 22.8. The van der Waals surface area contributed by atoms with Crippen LogP contribution in [0.5, 0.6) is 0 Å². The van der Waals surface area contributed by atoms with E-state index in [9.17, 15) is 9.59 Å². The minimum Gasteiger partial charge on any atom is -0.458 e. The Bertz CT molecular complexity index is 1420. The molecule has 0 aliphatic carbocycles. The van der Waals surface area contributed by atoms with E-state index in [1.165, 1.54) is 22.0 Å². The van der Waals surface area contributed by atoms with E-state index in [4.69, 9.17) is 27.9 Å². The van der Waals surface area contributed by atoms with Gasteiger partial charge in [-0.25, -0.2) is 9.79 Å². The summed E-state index contributed by atoms with van der Waals surface area (Å²) < 4.78 is 7.29. The largest absolute Gasteiger partial charge is 0.458 e. The summed E-state index contributed by atoms with van der Waals surface area (Å²) in [7, 11) is 0. The molecule has 32 heavy (non-hydrogen) atoms. The first kappa shape index (κ1) is 22.3. The maximum Gasteiger partial charge on any atom is 0.338 e. The first-order chi connectivity index (χ1) is 15.4. The fourth-order valence-corrected chi connectivity index (χ4v) is 5.01. The number of halogens is 2. The number of rotatable bonds is 5. The van der Waals surface area contributed by atoms with Crippen LogP contribution in [0.3, 0.4) is 0 Å². The normalized spacial score (nSPS) is 15.8. The van der Waals surface area contributed by atoms with Gasteiger partial charge in [0, 0.05) is 10.0 Å². The van der Waals surface area contributed by atoms with Gasteiger partial charge in [-0.1, -0.05) is 83.6 Å². The summed E-state index contributed by atoms with van der Waals surface area (Å²) >= 11 is 13.5. The molecule has 8 heteroatoms. The van der Waals surface area contributed by atoms with E-state index in [0.717, 1.165) is 5.56 Å². The summed E-state index contributed by atoms with van der Waals surface area (Å²) in [5.41, 5.74) is 2.00. The first-order valence-electron chi connectivity index (χ1n) is 9.71. The monoisotopic (exact) mass is 484 g/mol. The molecule has 0 fully saturated rings. The van der Waals surface area contributed by atoms with E-state index in [2.05, 4.69) is 11.6 Å². The number of benzene rings is 2. The summed E-state index contributed by atoms with van der Waals surface area (Å²) in [6.07, 6.45) is 3.20. The van der Waals surface area contributed by atoms with Crippen LogP contribution >= 0.6 is 34.5 Å². The third-order valence-electron chi connectivity index (χ3n) is 4.94. The Morgan fingerprint density at radius 2 is 2.00 bits per heavy atom. The fraction of sp³-hybridized carbons (Fsp3) is 0.125. The number of thiazole rings is 1. The average molecular weight is 485 g/mol. The van der Waals surface area contributed by atoms with Gasteiger partial charge in [0.1, 0.15) is 6.61 Å². The number of carbonyl (C=O) groups is 1. The van der Waals surface area contributed by atoms with Crippen LogP contribution in [0.15, 0.2) is 82.2 Å². The number of ether oxygens (including phenoxy) is 1. The molecular weight excluding hydrogens is 467 g/mol. The molecule has 1 aliphatic rings. The molecule has 0 N–H and O–H groups in total. The zero-order valence-electron chi connectivity index (χ0n) is 17.0. The molecule has 1 atom stereocenters. The number of allylic oxidation sites excluding steroid dienone is 1. The van der Waals surface area contributed by atoms with E-state index in [1.807, 2.05) is 30.3 Å². The SMILES string of the molecule is C=CCOC(=O)C1=C(C)N=c2s/c(=C/c3ccc(Cl)cc3Cl)c(=O)n2[C@H]1c1ccccc1. The Hall–Kier alpha value is -2.93. The molecule has 0 amide bonds. The molecule has 0 saturated carbocycles. The Morgan fingerprint density at radius 3 is 2.69 bits per heavy atom. The van der Waals surface area contributed by atoms with E-state index >= 15 is 0 Å². The van der Waals surface area contributed by atoms with Gasteiger partial charge in [0.15, 0.2) is 4.80 Å². The van der Waals surface area contributed by atoms with Gasteiger partial charge in [-0.2, -0.15) is 0 Å². The second-order valence-electron chi connectivity index (χ2n) is 7.05. The van der Waals surface area contributed by atoms with Crippen molar-refractivity contribution in [3.63, 3.8) is 0 Å². The van der Waals surface area contributed by atoms with Crippen molar-refractivity contribution in [2.75, 3.05) is 6.61 Å². The maximum absolute atomic E-state index is 13.5. The van der Waals surface area contributed by atoms with Gasteiger partial charge in [0.05, 0.1) is 21.8 Å². The van der Waals surface area contributed by atoms with Crippen LogP contribution in [0.2, 0.25) is 10.0 Å². The van der Waals surface area contributed by atoms with Crippen molar-refractivity contribution >= 4 is 46.6 Å². The molecule has 0 spiro atoms. The molecule has 0 unspecified atom stereocenters.